The van der Waals surface area contributed by atoms with Gasteiger partial charge in [0.1, 0.15) is 34.3 Å². The van der Waals surface area contributed by atoms with E-state index in [1.807, 2.05) is 0 Å². The number of hydrogen-bond donors (Lipinski definition) is 4. The van der Waals surface area contributed by atoms with Crippen molar-refractivity contribution in [2.75, 3.05) is 0 Å². The molecule has 0 aliphatic heterocycles. The number of phenols is 4. The van der Waals surface area contributed by atoms with Crippen LogP contribution in [-0.2, 0) is 0 Å². The molecule has 3 aromatic rings. The minimum atomic E-state index is -0.107. The maximum absolute atomic E-state index is 9.70. The molecule has 19 heavy (non-hydrogen) atoms. The van der Waals surface area contributed by atoms with E-state index in [1.165, 1.54) is 30.3 Å². The molecular weight excluding hydrogens is 248 g/mol. The number of hydrogen-bond acceptors (Lipinski definition) is 5. The zero-order valence-corrected chi connectivity index (χ0v) is 9.66. The van der Waals surface area contributed by atoms with E-state index in [0.29, 0.717) is 22.3 Å². The topological polar surface area (TPSA) is 94.1 Å². The Hall–Kier alpha value is -2.82. The molecule has 0 saturated heterocycles. The Kier molecular flexibility index (Phi) is 2.28. The lowest BCUT2D eigenvalue weighted by atomic mass is 10.1. The SMILES string of the molecule is Oc1cc(O)cc(-c2cc3c(O)cc(O)cc3o2)c1. The Morgan fingerprint density at radius 1 is 0.684 bits per heavy atom. The van der Waals surface area contributed by atoms with Crippen molar-refractivity contribution in [1.29, 1.82) is 0 Å². The number of benzene rings is 2. The predicted octanol–water partition coefficient (Wildman–Crippen LogP) is 2.92. The minimum absolute atomic E-state index is 0.0949. The molecule has 4 N–H and O–H groups in total. The summed E-state index contributed by atoms with van der Waals surface area (Å²) in [4.78, 5) is 0. The Bertz CT molecular complexity index is 753. The van der Waals surface area contributed by atoms with Crippen molar-refractivity contribution in [2.45, 2.75) is 0 Å². The number of furan rings is 1. The van der Waals surface area contributed by atoms with Crippen molar-refractivity contribution >= 4 is 11.0 Å². The molecule has 1 heterocycles. The molecule has 0 unspecified atom stereocenters. The molecule has 0 radical (unpaired) electrons. The van der Waals surface area contributed by atoms with Crippen molar-refractivity contribution in [3.05, 3.63) is 36.4 Å². The zero-order chi connectivity index (χ0) is 13.6. The lowest BCUT2D eigenvalue weighted by Gasteiger charge is -1.99. The third kappa shape index (κ3) is 1.91. The van der Waals surface area contributed by atoms with E-state index >= 15 is 0 Å². The van der Waals surface area contributed by atoms with Gasteiger partial charge in [0.05, 0.1) is 5.39 Å². The highest BCUT2D eigenvalue weighted by atomic mass is 16.3. The molecule has 5 heteroatoms. The van der Waals surface area contributed by atoms with Gasteiger partial charge in [-0.25, -0.2) is 0 Å². The maximum atomic E-state index is 9.70. The fourth-order valence-corrected chi connectivity index (χ4v) is 1.99. The maximum Gasteiger partial charge on any atom is 0.142 e. The van der Waals surface area contributed by atoms with Crippen molar-refractivity contribution in [3.63, 3.8) is 0 Å². The highest BCUT2D eigenvalue weighted by Gasteiger charge is 2.12. The van der Waals surface area contributed by atoms with Gasteiger partial charge >= 0.3 is 0 Å². The van der Waals surface area contributed by atoms with Crippen LogP contribution >= 0.6 is 0 Å². The molecule has 0 aliphatic rings. The minimum Gasteiger partial charge on any atom is -0.508 e. The van der Waals surface area contributed by atoms with Gasteiger partial charge in [-0.05, 0) is 18.2 Å². The summed E-state index contributed by atoms with van der Waals surface area (Å²) < 4.78 is 5.48. The van der Waals surface area contributed by atoms with Crippen LogP contribution in [0.5, 0.6) is 23.0 Å². The Morgan fingerprint density at radius 3 is 2.00 bits per heavy atom. The molecule has 0 bridgehead atoms. The third-order valence-electron chi connectivity index (χ3n) is 2.79. The highest BCUT2D eigenvalue weighted by Crippen LogP contribution is 2.37. The first-order valence-corrected chi connectivity index (χ1v) is 5.52. The molecule has 2 aromatic carbocycles. The summed E-state index contributed by atoms with van der Waals surface area (Å²) in [6.45, 7) is 0. The zero-order valence-electron chi connectivity index (χ0n) is 9.66. The van der Waals surface area contributed by atoms with Gasteiger partial charge < -0.3 is 24.8 Å². The van der Waals surface area contributed by atoms with Crippen LogP contribution in [0.15, 0.2) is 40.8 Å². The van der Waals surface area contributed by atoms with E-state index in [1.54, 1.807) is 6.07 Å². The summed E-state index contributed by atoms with van der Waals surface area (Å²) >= 11 is 0. The summed E-state index contributed by atoms with van der Waals surface area (Å²) in [5.74, 6) is -0.0359. The van der Waals surface area contributed by atoms with E-state index in [9.17, 15) is 20.4 Å². The number of rotatable bonds is 1. The second kappa shape index (κ2) is 3.84. The van der Waals surface area contributed by atoms with Gasteiger partial charge in [0, 0.05) is 23.8 Å². The molecule has 0 saturated carbocycles. The molecule has 0 spiro atoms. The average molecular weight is 258 g/mol. The summed E-state index contributed by atoms with van der Waals surface area (Å²) in [7, 11) is 0. The van der Waals surface area contributed by atoms with Crippen LogP contribution in [0.25, 0.3) is 22.3 Å². The normalized spacial score (nSPS) is 10.9. The Balaban J connectivity index is 2.23. The lowest BCUT2D eigenvalue weighted by Crippen LogP contribution is -1.74. The standard InChI is InChI=1S/C14H10O5/c15-8-1-7(2-9(16)3-8)13-6-11-12(18)4-10(17)5-14(11)19-13/h1-6,15-18H. The number of phenolic OH excluding ortho intramolecular Hbond substituents is 4. The van der Waals surface area contributed by atoms with Crippen molar-refractivity contribution in [3.8, 4) is 34.3 Å². The van der Waals surface area contributed by atoms with Crippen molar-refractivity contribution in [2.24, 2.45) is 0 Å². The van der Waals surface area contributed by atoms with E-state index in [2.05, 4.69) is 0 Å². The number of aromatic hydroxyl groups is 4. The van der Waals surface area contributed by atoms with Crippen molar-refractivity contribution < 1.29 is 24.8 Å². The Labute approximate surface area is 107 Å². The predicted molar refractivity (Wildman–Crippen MR) is 68.3 cm³/mol. The van der Waals surface area contributed by atoms with Crippen LogP contribution in [0.2, 0.25) is 0 Å². The van der Waals surface area contributed by atoms with Crippen LogP contribution < -0.4 is 0 Å². The van der Waals surface area contributed by atoms with E-state index in [-0.39, 0.29) is 23.0 Å². The summed E-state index contributed by atoms with van der Waals surface area (Å²) in [6, 6.07) is 8.21. The summed E-state index contributed by atoms with van der Waals surface area (Å²) in [5.41, 5.74) is 0.780. The molecule has 5 nitrogen and oxygen atoms in total. The van der Waals surface area contributed by atoms with Crippen LogP contribution in [0.3, 0.4) is 0 Å². The van der Waals surface area contributed by atoms with Gasteiger partial charge in [0.25, 0.3) is 0 Å². The lowest BCUT2D eigenvalue weighted by molar-refractivity contribution is 0.449. The fourth-order valence-electron chi connectivity index (χ4n) is 1.99. The molecule has 0 aliphatic carbocycles. The quantitative estimate of drug-likeness (QED) is 0.538. The second-order valence-corrected chi connectivity index (χ2v) is 4.23. The first-order valence-electron chi connectivity index (χ1n) is 5.52. The molecule has 3 rings (SSSR count). The van der Waals surface area contributed by atoms with E-state index in [0.717, 1.165) is 0 Å². The van der Waals surface area contributed by atoms with E-state index in [4.69, 9.17) is 4.42 Å². The summed E-state index contributed by atoms with van der Waals surface area (Å²) in [5, 5.41) is 38.4. The average Bonchev–Trinajstić information content (AvgIpc) is 2.71. The second-order valence-electron chi connectivity index (χ2n) is 4.23. The van der Waals surface area contributed by atoms with Gasteiger partial charge in [-0.2, -0.15) is 0 Å². The third-order valence-corrected chi connectivity index (χ3v) is 2.79. The monoisotopic (exact) mass is 258 g/mol. The van der Waals surface area contributed by atoms with Gasteiger partial charge in [0.2, 0.25) is 0 Å². The molecule has 0 fully saturated rings. The summed E-state index contributed by atoms with van der Waals surface area (Å²) in [6.07, 6.45) is 0. The van der Waals surface area contributed by atoms with Gasteiger partial charge in [-0.1, -0.05) is 0 Å². The van der Waals surface area contributed by atoms with Crippen LogP contribution in [-0.4, -0.2) is 20.4 Å². The van der Waals surface area contributed by atoms with Gasteiger partial charge in [-0.3, -0.25) is 0 Å². The largest absolute Gasteiger partial charge is 0.508 e. The molecular formula is C14H10O5. The fraction of sp³-hybridized carbons (Fsp3) is 0. The van der Waals surface area contributed by atoms with Crippen LogP contribution in [0.1, 0.15) is 0 Å². The number of fused-ring (bicyclic) bond motifs is 1. The van der Waals surface area contributed by atoms with Crippen LogP contribution in [0, 0.1) is 0 Å². The van der Waals surface area contributed by atoms with E-state index < -0.39 is 0 Å². The first-order chi connectivity index (χ1) is 9.02. The molecule has 0 amide bonds. The molecule has 0 atom stereocenters. The van der Waals surface area contributed by atoms with Crippen LogP contribution in [0.4, 0.5) is 0 Å². The first kappa shape index (κ1) is 11.3. The van der Waals surface area contributed by atoms with Gasteiger partial charge in [0.15, 0.2) is 0 Å². The molecule has 96 valence electrons. The molecule has 1 aromatic heterocycles. The Morgan fingerprint density at radius 2 is 1.32 bits per heavy atom. The smallest absolute Gasteiger partial charge is 0.142 e. The highest BCUT2D eigenvalue weighted by molar-refractivity contribution is 5.89. The van der Waals surface area contributed by atoms with Gasteiger partial charge in [-0.15, -0.1) is 0 Å². The van der Waals surface area contributed by atoms with Crippen molar-refractivity contribution in [1.82, 2.24) is 0 Å².